The van der Waals surface area contributed by atoms with Gasteiger partial charge in [-0.1, -0.05) is 175 Å². The second-order valence-corrected chi connectivity index (χ2v) is 12.4. The van der Waals surface area contributed by atoms with E-state index in [1.165, 1.54) is 141 Å². The molecule has 3 heteroatoms. The van der Waals surface area contributed by atoms with Crippen molar-refractivity contribution in [2.45, 2.75) is 213 Å². The molecule has 1 atom stereocenters. The lowest BCUT2D eigenvalue weighted by Gasteiger charge is -2.19. The van der Waals surface area contributed by atoms with Crippen LogP contribution in [0.1, 0.15) is 207 Å². The van der Waals surface area contributed by atoms with Gasteiger partial charge in [-0.05, 0) is 19.3 Å². The van der Waals surface area contributed by atoms with Crippen molar-refractivity contribution >= 4 is 11.6 Å². The maximum Gasteiger partial charge on any atom is 0.145 e. The summed E-state index contributed by atoms with van der Waals surface area (Å²) >= 11 is 0. The molecule has 0 amide bonds. The Kier molecular flexibility index (Phi) is 29.7. The fourth-order valence-corrected chi connectivity index (χ4v) is 5.79. The largest absolute Gasteiger partial charge is 0.392 e. The Morgan fingerprint density at radius 3 is 0.872 bits per heavy atom. The first-order valence-corrected chi connectivity index (χ1v) is 17.8. The molecule has 0 rings (SSSR count). The fourth-order valence-electron chi connectivity index (χ4n) is 5.79. The van der Waals surface area contributed by atoms with Crippen LogP contribution in [0.25, 0.3) is 0 Å². The van der Waals surface area contributed by atoms with Gasteiger partial charge in [0.1, 0.15) is 17.5 Å². The van der Waals surface area contributed by atoms with Crippen molar-refractivity contribution in [2.75, 3.05) is 0 Å². The van der Waals surface area contributed by atoms with Crippen LogP contribution in [0.2, 0.25) is 0 Å². The third-order valence-corrected chi connectivity index (χ3v) is 8.55. The van der Waals surface area contributed by atoms with E-state index in [-0.39, 0.29) is 11.6 Å². The smallest absolute Gasteiger partial charge is 0.145 e. The lowest BCUT2D eigenvalue weighted by Crippen LogP contribution is -2.34. The summed E-state index contributed by atoms with van der Waals surface area (Å²) in [6, 6.07) is 0. The van der Waals surface area contributed by atoms with Gasteiger partial charge in [-0.15, -0.1) is 0 Å². The van der Waals surface area contributed by atoms with Gasteiger partial charge in [-0.25, -0.2) is 0 Å². The Bertz CT molecular complexity index is 487. The molecule has 0 aliphatic rings. The second kappa shape index (κ2) is 30.3. The average molecular weight is 551 g/mol. The summed E-state index contributed by atoms with van der Waals surface area (Å²) in [5, 5.41) is 10.4. The molecule has 1 unspecified atom stereocenters. The fraction of sp³-hybridized carbons (Fsp3) is 0.944. The van der Waals surface area contributed by atoms with Crippen molar-refractivity contribution in [2.24, 2.45) is 5.92 Å². The Morgan fingerprint density at radius 1 is 0.410 bits per heavy atom. The molecule has 0 heterocycles. The summed E-state index contributed by atoms with van der Waals surface area (Å²) in [4.78, 5) is 25.7. The van der Waals surface area contributed by atoms with Crippen LogP contribution in [0.5, 0.6) is 0 Å². The standard InChI is InChI=1S/C36H70O3/c1-4-7-9-11-13-15-17-19-21-23-25-27-29-31-34(38)36(33(37)6-3)35(39)32-30-28-26-24-22-20-18-16-14-12-10-8-5-2/h33,36-37H,4-32H2,1-3H3. The van der Waals surface area contributed by atoms with Crippen molar-refractivity contribution in [3.05, 3.63) is 0 Å². The number of carbonyl (C=O) groups is 2. The molecule has 1 N–H and O–H groups in total. The number of aliphatic hydroxyl groups excluding tert-OH is 1. The first kappa shape index (κ1) is 38.3. The molecule has 0 radical (unpaired) electrons. The maximum absolute atomic E-state index is 12.8. The van der Waals surface area contributed by atoms with Crippen molar-refractivity contribution < 1.29 is 14.7 Å². The topological polar surface area (TPSA) is 54.4 Å². The van der Waals surface area contributed by atoms with Gasteiger partial charge in [0.05, 0.1) is 6.10 Å². The number of ketones is 2. The molecular formula is C36H70O3. The zero-order valence-corrected chi connectivity index (χ0v) is 26.9. The van der Waals surface area contributed by atoms with E-state index >= 15 is 0 Å². The summed E-state index contributed by atoms with van der Waals surface area (Å²) in [5.41, 5.74) is 0. The van der Waals surface area contributed by atoms with Gasteiger partial charge in [0.25, 0.3) is 0 Å². The van der Waals surface area contributed by atoms with Crippen molar-refractivity contribution in [3.8, 4) is 0 Å². The van der Waals surface area contributed by atoms with E-state index < -0.39 is 12.0 Å². The van der Waals surface area contributed by atoms with Crippen LogP contribution >= 0.6 is 0 Å². The molecule has 0 aliphatic heterocycles. The normalized spacial score (nSPS) is 12.3. The van der Waals surface area contributed by atoms with Crippen LogP contribution in [-0.2, 0) is 9.59 Å². The van der Waals surface area contributed by atoms with Gasteiger partial charge in [0, 0.05) is 12.8 Å². The van der Waals surface area contributed by atoms with Crippen LogP contribution in [0.3, 0.4) is 0 Å². The molecule has 0 aromatic carbocycles. The predicted octanol–water partition coefficient (Wildman–Crippen LogP) is 11.5. The number of unbranched alkanes of at least 4 members (excludes halogenated alkanes) is 24. The minimum Gasteiger partial charge on any atom is -0.392 e. The highest BCUT2D eigenvalue weighted by atomic mass is 16.3. The molecular weight excluding hydrogens is 480 g/mol. The molecule has 0 fully saturated rings. The molecule has 0 bridgehead atoms. The number of aliphatic hydroxyl groups is 1. The third-order valence-electron chi connectivity index (χ3n) is 8.55. The van der Waals surface area contributed by atoms with Gasteiger partial charge in [-0.3, -0.25) is 9.59 Å². The van der Waals surface area contributed by atoms with E-state index in [0.29, 0.717) is 19.3 Å². The zero-order valence-electron chi connectivity index (χ0n) is 26.9. The van der Waals surface area contributed by atoms with Crippen LogP contribution < -0.4 is 0 Å². The van der Waals surface area contributed by atoms with Crippen molar-refractivity contribution in [1.82, 2.24) is 0 Å². The highest BCUT2D eigenvalue weighted by Crippen LogP contribution is 2.20. The highest BCUT2D eigenvalue weighted by molar-refractivity contribution is 6.02. The van der Waals surface area contributed by atoms with Gasteiger partial charge in [0.2, 0.25) is 0 Å². The molecule has 0 saturated heterocycles. The average Bonchev–Trinajstić information content (AvgIpc) is 2.93. The number of Topliss-reactive ketones (excluding diaryl/α,β-unsaturated/α-hetero) is 2. The van der Waals surface area contributed by atoms with Gasteiger partial charge < -0.3 is 5.11 Å². The molecule has 39 heavy (non-hydrogen) atoms. The number of hydrogen-bond acceptors (Lipinski definition) is 3. The summed E-state index contributed by atoms with van der Waals surface area (Å²) in [5.74, 6) is -0.830. The summed E-state index contributed by atoms with van der Waals surface area (Å²) < 4.78 is 0. The van der Waals surface area contributed by atoms with Crippen LogP contribution in [0.15, 0.2) is 0 Å². The molecule has 0 aliphatic carbocycles. The van der Waals surface area contributed by atoms with E-state index in [1.807, 2.05) is 6.92 Å². The summed E-state index contributed by atoms with van der Waals surface area (Å²) in [6.45, 7) is 6.41. The Morgan fingerprint density at radius 2 is 0.641 bits per heavy atom. The van der Waals surface area contributed by atoms with Gasteiger partial charge in [0.15, 0.2) is 0 Å². The van der Waals surface area contributed by atoms with E-state index in [1.54, 1.807) is 0 Å². The SMILES string of the molecule is CCCCCCCCCCCCCCCC(=O)C(C(=O)CCCCCCCCCCCCCCC)C(O)CC. The molecule has 232 valence electrons. The van der Waals surface area contributed by atoms with Crippen molar-refractivity contribution in [1.29, 1.82) is 0 Å². The molecule has 0 spiro atoms. The minimum atomic E-state index is -0.811. The van der Waals surface area contributed by atoms with E-state index in [0.717, 1.165) is 25.7 Å². The first-order valence-electron chi connectivity index (χ1n) is 17.8. The maximum atomic E-state index is 12.8. The quantitative estimate of drug-likeness (QED) is 0.0669. The lowest BCUT2D eigenvalue weighted by atomic mass is 9.86. The van der Waals surface area contributed by atoms with Crippen LogP contribution in [0.4, 0.5) is 0 Å². The monoisotopic (exact) mass is 551 g/mol. The molecule has 3 nitrogen and oxygen atoms in total. The summed E-state index contributed by atoms with van der Waals surface area (Å²) in [7, 11) is 0. The predicted molar refractivity (Wildman–Crippen MR) is 170 cm³/mol. The Hall–Kier alpha value is -0.700. The Balaban J connectivity index is 3.83. The van der Waals surface area contributed by atoms with E-state index in [9.17, 15) is 14.7 Å². The van der Waals surface area contributed by atoms with Gasteiger partial charge >= 0.3 is 0 Å². The summed E-state index contributed by atoms with van der Waals surface area (Å²) in [6.07, 6.45) is 33.8. The number of hydrogen-bond donors (Lipinski definition) is 1. The molecule has 0 aromatic rings. The first-order chi connectivity index (χ1) is 19.1. The van der Waals surface area contributed by atoms with E-state index in [2.05, 4.69) is 13.8 Å². The third kappa shape index (κ3) is 24.8. The molecule has 0 saturated carbocycles. The highest BCUT2D eigenvalue weighted by Gasteiger charge is 2.31. The van der Waals surface area contributed by atoms with Crippen LogP contribution in [0, 0.1) is 5.92 Å². The minimum absolute atomic E-state index is 0.0212. The second-order valence-electron chi connectivity index (χ2n) is 12.4. The van der Waals surface area contributed by atoms with Gasteiger partial charge in [-0.2, -0.15) is 0 Å². The van der Waals surface area contributed by atoms with Crippen molar-refractivity contribution in [3.63, 3.8) is 0 Å². The molecule has 0 aromatic heterocycles. The zero-order chi connectivity index (χ0) is 28.8. The lowest BCUT2D eigenvalue weighted by molar-refractivity contribution is -0.137. The number of carbonyl (C=O) groups excluding carboxylic acids is 2. The van der Waals surface area contributed by atoms with Crippen LogP contribution in [-0.4, -0.2) is 22.8 Å². The Labute approximate surface area is 245 Å². The van der Waals surface area contributed by atoms with E-state index in [4.69, 9.17) is 0 Å². The number of rotatable bonds is 32.